The first-order valence-corrected chi connectivity index (χ1v) is 11.9. The van der Waals surface area contributed by atoms with Crippen LogP contribution in [0.3, 0.4) is 0 Å². The largest absolute Gasteiger partial charge is 0.490 e. The SMILES string of the molecule is CC(C)(C)c1cc(NC(=O)c2ccc(NS(=O)(=O)c3ccc4c(c3)OCCCO4)cc2)no1. The van der Waals surface area contributed by atoms with Crippen LogP contribution in [-0.2, 0) is 15.4 Å². The van der Waals surface area contributed by atoms with Gasteiger partial charge in [0.15, 0.2) is 17.3 Å². The topological polar surface area (TPSA) is 120 Å². The minimum absolute atomic E-state index is 0.0502. The van der Waals surface area contributed by atoms with Gasteiger partial charge in [-0.1, -0.05) is 25.9 Å². The number of rotatable bonds is 5. The Morgan fingerprint density at radius 2 is 1.67 bits per heavy atom. The van der Waals surface area contributed by atoms with Gasteiger partial charge in [-0.05, 0) is 36.4 Å². The maximum absolute atomic E-state index is 12.8. The molecule has 1 aliphatic heterocycles. The summed E-state index contributed by atoms with van der Waals surface area (Å²) in [6.07, 6.45) is 0.726. The van der Waals surface area contributed by atoms with Gasteiger partial charge in [0.05, 0.1) is 18.1 Å². The number of nitrogens with one attached hydrogen (secondary N) is 2. The highest BCUT2D eigenvalue weighted by atomic mass is 32.2. The Bertz CT molecular complexity index is 1260. The van der Waals surface area contributed by atoms with Crippen LogP contribution in [0.15, 0.2) is 57.9 Å². The molecule has 0 spiro atoms. The molecule has 1 aromatic heterocycles. The van der Waals surface area contributed by atoms with Crippen LogP contribution < -0.4 is 19.5 Å². The Balaban J connectivity index is 1.44. The summed E-state index contributed by atoms with van der Waals surface area (Å²) in [7, 11) is -3.86. The van der Waals surface area contributed by atoms with E-state index in [-0.39, 0.29) is 16.2 Å². The van der Waals surface area contributed by atoms with Crippen LogP contribution in [0.25, 0.3) is 0 Å². The van der Waals surface area contributed by atoms with Crippen LogP contribution in [0, 0.1) is 0 Å². The average molecular weight is 472 g/mol. The number of hydrogen-bond acceptors (Lipinski definition) is 7. The number of fused-ring (bicyclic) bond motifs is 1. The lowest BCUT2D eigenvalue weighted by Crippen LogP contribution is -2.14. The monoisotopic (exact) mass is 471 g/mol. The molecule has 3 aromatic rings. The van der Waals surface area contributed by atoms with E-state index in [0.717, 1.165) is 6.42 Å². The lowest BCUT2D eigenvalue weighted by Gasteiger charge is -2.12. The lowest BCUT2D eigenvalue weighted by molar-refractivity contribution is 0.102. The fraction of sp³-hybridized carbons (Fsp3) is 0.304. The van der Waals surface area contributed by atoms with E-state index in [9.17, 15) is 13.2 Å². The first kappa shape index (κ1) is 22.7. The highest BCUT2D eigenvalue weighted by Gasteiger charge is 2.21. The summed E-state index contributed by atoms with van der Waals surface area (Å²) < 4.78 is 44.5. The van der Waals surface area contributed by atoms with E-state index in [4.69, 9.17) is 14.0 Å². The van der Waals surface area contributed by atoms with Crippen molar-refractivity contribution in [3.63, 3.8) is 0 Å². The van der Waals surface area contributed by atoms with Crippen LogP contribution in [-0.4, -0.2) is 32.7 Å². The standard InChI is InChI=1S/C23H25N3O6S/c1-23(2,3)20-14-21(25-32-20)24-22(27)15-5-7-16(8-6-15)26-33(28,29)17-9-10-18-19(13-17)31-12-4-11-30-18/h5-10,13-14,26H,4,11-12H2,1-3H3,(H,24,25,27). The summed E-state index contributed by atoms with van der Waals surface area (Å²) in [5.74, 6) is 1.48. The predicted octanol–water partition coefficient (Wildman–Crippen LogP) is 4.19. The molecule has 10 heteroatoms. The number of nitrogens with zero attached hydrogens (tertiary/aromatic N) is 1. The van der Waals surface area contributed by atoms with E-state index in [0.29, 0.717) is 47.5 Å². The van der Waals surface area contributed by atoms with Crippen molar-refractivity contribution < 1.29 is 27.2 Å². The summed E-state index contributed by atoms with van der Waals surface area (Å²) in [5.41, 5.74) is 0.425. The van der Waals surface area contributed by atoms with Gasteiger partial charge < -0.3 is 19.3 Å². The van der Waals surface area contributed by atoms with Crippen molar-refractivity contribution >= 4 is 27.4 Å². The number of anilines is 2. The van der Waals surface area contributed by atoms with Crippen molar-refractivity contribution in [1.29, 1.82) is 0 Å². The summed E-state index contributed by atoms with van der Waals surface area (Å²) in [5, 5.41) is 6.54. The van der Waals surface area contributed by atoms with Crippen LogP contribution in [0.5, 0.6) is 11.5 Å². The number of carbonyl (C=O) groups is 1. The number of amides is 1. The van der Waals surface area contributed by atoms with Gasteiger partial charge in [-0.25, -0.2) is 8.42 Å². The molecule has 1 amide bonds. The minimum Gasteiger partial charge on any atom is -0.490 e. The van der Waals surface area contributed by atoms with Crippen LogP contribution in [0.1, 0.15) is 43.3 Å². The second kappa shape index (κ2) is 8.78. The zero-order chi connectivity index (χ0) is 23.6. The van der Waals surface area contributed by atoms with Gasteiger partial charge in [0, 0.05) is 35.2 Å². The molecule has 0 bridgehead atoms. The maximum atomic E-state index is 12.8. The molecule has 0 saturated heterocycles. The van der Waals surface area contributed by atoms with Crippen molar-refractivity contribution in [1.82, 2.24) is 5.16 Å². The molecule has 2 N–H and O–H groups in total. The van der Waals surface area contributed by atoms with Crippen molar-refractivity contribution in [3.05, 3.63) is 59.9 Å². The van der Waals surface area contributed by atoms with Gasteiger partial charge >= 0.3 is 0 Å². The second-order valence-corrected chi connectivity index (χ2v) is 10.3. The van der Waals surface area contributed by atoms with Gasteiger partial charge in [-0.2, -0.15) is 0 Å². The average Bonchev–Trinajstić information content (AvgIpc) is 3.11. The van der Waals surface area contributed by atoms with Crippen LogP contribution >= 0.6 is 0 Å². The van der Waals surface area contributed by atoms with Crippen LogP contribution in [0.4, 0.5) is 11.5 Å². The van der Waals surface area contributed by atoms with Crippen molar-refractivity contribution in [3.8, 4) is 11.5 Å². The van der Waals surface area contributed by atoms with E-state index in [1.807, 2.05) is 20.8 Å². The fourth-order valence-electron chi connectivity index (χ4n) is 3.09. The first-order chi connectivity index (χ1) is 15.6. The van der Waals surface area contributed by atoms with E-state index in [2.05, 4.69) is 15.2 Å². The summed E-state index contributed by atoms with van der Waals surface area (Å²) in [4.78, 5) is 12.5. The highest BCUT2D eigenvalue weighted by Crippen LogP contribution is 2.32. The van der Waals surface area contributed by atoms with Crippen molar-refractivity contribution in [2.75, 3.05) is 23.3 Å². The number of hydrogen-bond donors (Lipinski definition) is 2. The van der Waals surface area contributed by atoms with Crippen molar-refractivity contribution in [2.24, 2.45) is 0 Å². The number of ether oxygens (including phenoxy) is 2. The summed E-state index contributed by atoms with van der Waals surface area (Å²) >= 11 is 0. The predicted molar refractivity (Wildman–Crippen MR) is 122 cm³/mol. The summed E-state index contributed by atoms with van der Waals surface area (Å²) in [6.45, 7) is 6.91. The lowest BCUT2D eigenvalue weighted by atomic mass is 9.93. The fourth-order valence-corrected chi connectivity index (χ4v) is 4.16. The molecule has 0 radical (unpaired) electrons. The van der Waals surface area contributed by atoms with E-state index in [1.165, 1.54) is 36.4 Å². The molecule has 0 atom stereocenters. The van der Waals surface area contributed by atoms with Gasteiger partial charge in [-0.15, -0.1) is 0 Å². The van der Waals surface area contributed by atoms with Gasteiger partial charge in [0.2, 0.25) is 0 Å². The molecule has 174 valence electrons. The molecule has 33 heavy (non-hydrogen) atoms. The molecule has 0 aliphatic carbocycles. The molecule has 4 rings (SSSR count). The smallest absolute Gasteiger partial charge is 0.262 e. The number of aromatic nitrogens is 1. The molecule has 2 heterocycles. The normalized spacial score (nSPS) is 13.8. The molecular weight excluding hydrogens is 446 g/mol. The third-order valence-corrected chi connectivity index (χ3v) is 6.30. The third-order valence-electron chi connectivity index (χ3n) is 4.92. The Kier molecular flexibility index (Phi) is 6.03. The molecule has 1 aliphatic rings. The van der Waals surface area contributed by atoms with E-state index in [1.54, 1.807) is 12.1 Å². The van der Waals surface area contributed by atoms with Crippen LogP contribution in [0.2, 0.25) is 0 Å². The van der Waals surface area contributed by atoms with Gasteiger partial charge in [0.25, 0.3) is 15.9 Å². The molecule has 0 saturated carbocycles. The quantitative estimate of drug-likeness (QED) is 0.573. The molecule has 0 fully saturated rings. The maximum Gasteiger partial charge on any atom is 0.262 e. The number of carbonyl (C=O) groups excluding carboxylic acids is 1. The molecular formula is C23H25N3O6S. The Morgan fingerprint density at radius 1 is 0.970 bits per heavy atom. The van der Waals surface area contributed by atoms with E-state index >= 15 is 0 Å². The Labute approximate surface area is 192 Å². The minimum atomic E-state index is -3.86. The van der Waals surface area contributed by atoms with Gasteiger partial charge in [-0.3, -0.25) is 9.52 Å². The molecule has 2 aromatic carbocycles. The number of benzene rings is 2. The highest BCUT2D eigenvalue weighted by molar-refractivity contribution is 7.92. The summed E-state index contributed by atoms with van der Waals surface area (Å²) in [6, 6.07) is 12.2. The Hall–Kier alpha value is -3.53. The van der Waals surface area contributed by atoms with Crippen molar-refractivity contribution in [2.45, 2.75) is 37.5 Å². The molecule has 9 nitrogen and oxygen atoms in total. The zero-order valence-electron chi connectivity index (χ0n) is 18.5. The first-order valence-electron chi connectivity index (χ1n) is 10.4. The second-order valence-electron chi connectivity index (χ2n) is 8.62. The Morgan fingerprint density at radius 3 is 2.33 bits per heavy atom. The zero-order valence-corrected chi connectivity index (χ0v) is 19.4. The van der Waals surface area contributed by atoms with E-state index < -0.39 is 10.0 Å². The van der Waals surface area contributed by atoms with Gasteiger partial charge in [0.1, 0.15) is 5.76 Å². The third kappa shape index (κ3) is 5.28. The molecule has 0 unspecified atom stereocenters. The number of sulfonamides is 1.